The molecule has 3 heterocycles. The quantitative estimate of drug-likeness (QED) is 0.327. The molecule has 5 rings (SSSR count). The summed E-state index contributed by atoms with van der Waals surface area (Å²) in [6.45, 7) is 1.70. The van der Waals surface area contributed by atoms with E-state index in [-0.39, 0.29) is 6.61 Å². The van der Waals surface area contributed by atoms with Crippen molar-refractivity contribution in [1.82, 2.24) is 10.1 Å². The number of benzene rings is 1. The molecule has 1 aromatic carbocycles. The van der Waals surface area contributed by atoms with Gasteiger partial charge in [0, 0.05) is 33.1 Å². The fourth-order valence-electron chi connectivity index (χ4n) is 3.41. The van der Waals surface area contributed by atoms with Crippen molar-refractivity contribution in [3.8, 4) is 0 Å². The van der Waals surface area contributed by atoms with Crippen LogP contribution in [0.3, 0.4) is 0 Å². The Kier molecular flexibility index (Phi) is 4.24. The number of ether oxygens (including phenoxy) is 1. The Morgan fingerprint density at radius 3 is 2.90 bits per heavy atom. The zero-order chi connectivity index (χ0) is 20.1. The molecule has 29 heavy (non-hydrogen) atoms. The minimum Gasteiger partial charge on any atom is -0.457 e. The van der Waals surface area contributed by atoms with Gasteiger partial charge in [-0.2, -0.15) is 0 Å². The van der Waals surface area contributed by atoms with Crippen molar-refractivity contribution in [3.63, 3.8) is 0 Å². The largest absolute Gasteiger partial charge is 0.457 e. The molecule has 0 spiro atoms. The lowest BCUT2D eigenvalue weighted by atomic mass is 10.1. The summed E-state index contributed by atoms with van der Waals surface area (Å²) in [4.78, 5) is 29.3. The van der Waals surface area contributed by atoms with Crippen LogP contribution in [0, 0.1) is 6.92 Å². The Balaban J connectivity index is 1.50. The number of rotatable bonds is 4. The molecular weight excluding hydrogens is 440 g/mol. The average molecular weight is 455 g/mol. The highest BCUT2D eigenvalue weighted by Gasteiger charge is 2.29. The number of carbonyl (C=O) groups is 1. The molecule has 1 fully saturated rings. The van der Waals surface area contributed by atoms with Gasteiger partial charge in [-0.1, -0.05) is 21.1 Å². The van der Waals surface area contributed by atoms with Gasteiger partial charge < -0.3 is 13.7 Å². The molecule has 0 unspecified atom stereocenters. The third kappa shape index (κ3) is 3.33. The lowest BCUT2D eigenvalue weighted by Crippen LogP contribution is -2.09. The summed E-state index contributed by atoms with van der Waals surface area (Å²) in [5.74, 6) is -0.165. The van der Waals surface area contributed by atoms with E-state index in [0.29, 0.717) is 44.8 Å². The fraction of sp³-hybridized carbons (Fsp3) is 0.238. The first kappa shape index (κ1) is 18.1. The highest BCUT2D eigenvalue weighted by Crippen LogP contribution is 2.40. The summed E-state index contributed by atoms with van der Waals surface area (Å²) in [5, 5.41) is 5.20. The summed E-state index contributed by atoms with van der Waals surface area (Å²) in [5.41, 5.74) is 2.62. The van der Waals surface area contributed by atoms with E-state index in [0.717, 1.165) is 23.0 Å². The second-order valence-electron chi connectivity index (χ2n) is 7.12. The number of pyridine rings is 1. The van der Waals surface area contributed by atoms with E-state index in [2.05, 4.69) is 26.1 Å². The van der Waals surface area contributed by atoms with Gasteiger partial charge in [-0.3, -0.25) is 0 Å². The first-order chi connectivity index (χ1) is 14.0. The smallest absolute Gasteiger partial charge is 0.339 e. The van der Waals surface area contributed by atoms with Crippen molar-refractivity contribution in [2.45, 2.75) is 32.3 Å². The van der Waals surface area contributed by atoms with Gasteiger partial charge in [0.1, 0.15) is 12.2 Å². The molecule has 146 valence electrons. The van der Waals surface area contributed by atoms with Crippen molar-refractivity contribution < 1.29 is 18.5 Å². The number of carbonyl (C=O) groups excluding carboxylic acids is 1. The number of hydrogen-bond acceptors (Lipinski definition) is 7. The van der Waals surface area contributed by atoms with Crippen LogP contribution in [-0.2, 0) is 11.3 Å². The minimum absolute atomic E-state index is 0.0600. The highest BCUT2D eigenvalue weighted by molar-refractivity contribution is 9.10. The van der Waals surface area contributed by atoms with E-state index in [9.17, 15) is 9.59 Å². The van der Waals surface area contributed by atoms with Crippen molar-refractivity contribution in [2.24, 2.45) is 0 Å². The number of halogens is 1. The Bertz CT molecular complexity index is 1340. The molecule has 0 amide bonds. The Morgan fingerprint density at radius 1 is 1.28 bits per heavy atom. The predicted octanol–water partition coefficient (Wildman–Crippen LogP) is 4.63. The standard InChI is InChI=1S/C21H15BrN2O5/c1-10-19-15(8-16(11-2-3-11)23-20(19)29-24-10)21(26)27-9-12-6-18(25)28-17-7-13(22)4-5-14(12)17/h4-8,11H,2-3,9H2,1H3. The number of fused-ring (bicyclic) bond motifs is 2. The van der Waals surface area contributed by atoms with Gasteiger partial charge in [-0.25, -0.2) is 14.6 Å². The summed E-state index contributed by atoms with van der Waals surface area (Å²) >= 11 is 3.36. The predicted molar refractivity (Wildman–Crippen MR) is 108 cm³/mol. The molecule has 1 aliphatic carbocycles. The zero-order valence-electron chi connectivity index (χ0n) is 15.4. The summed E-state index contributed by atoms with van der Waals surface area (Å²) in [7, 11) is 0. The van der Waals surface area contributed by atoms with Crippen molar-refractivity contribution in [3.05, 3.63) is 67.7 Å². The van der Waals surface area contributed by atoms with Crippen LogP contribution >= 0.6 is 15.9 Å². The summed E-state index contributed by atoms with van der Waals surface area (Å²) in [6.07, 6.45) is 2.09. The van der Waals surface area contributed by atoms with Crippen LogP contribution < -0.4 is 5.63 Å². The number of esters is 1. The maximum atomic E-state index is 12.9. The zero-order valence-corrected chi connectivity index (χ0v) is 17.0. The first-order valence-corrected chi connectivity index (χ1v) is 9.95. The molecule has 4 aromatic rings. The molecule has 1 saturated carbocycles. The van der Waals surface area contributed by atoms with Gasteiger partial charge in [0.25, 0.3) is 5.71 Å². The molecule has 1 aliphatic rings. The Hall–Kier alpha value is -3.00. The van der Waals surface area contributed by atoms with Crippen LogP contribution in [0.15, 0.2) is 48.5 Å². The highest BCUT2D eigenvalue weighted by atomic mass is 79.9. The topological polar surface area (TPSA) is 95.4 Å². The Morgan fingerprint density at radius 2 is 2.10 bits per heavy atom. The van der Waals surface area contributed by atoms with E-state index in [1.807, 2.05) is 12.1 Å². The molecule has 0 bridgehead atoms. The van der Waals surface area contributed by atoms with Crippen LogP contribution in [0.2, 0.25) is 0 Å². The molecule has 8 heteroatoms. The fourth-order valence-corrected chi connectivity index (χ4v) is 3.75. The normalized spacial score (nSPS) is 13.9. The lowest BCUT2D eigenvalue weighted by molar-refractivity contribution is 0.0476. The second-order valence-corrected chi connectivity index (χ2v) is 8.04. The van der Waals surface area contributed by atoms with E-state index in [1.54, 1.807) is 19.1 Å². The van der Waals surface area contributed by atoms with Crippen molar-refractivity contribution in [2.75, 3.05) is 0 Å². The molecule has 0 N–H and O–H groups in total. The third-order valence-electron chi connectivity index (χ3n) is 5.00. The van der Waals surface area contributed by atoms with Gasteiger partial charge in [0.2, 0.25) is 0 Å². The van der Waals surface area contributed by atoms with Crippen LogP contribution in [0.4, 0.5) is 0 Å². The lowest BCUT2D eigenvalue weighted by Gasteiger charge is -2.09. The SMILES string of the molecule is Cc1noc2nc(C3CC3)cc(C(=O)OCc3cc(=O)oc4cc(Br)ccc34)c12. The summed E-state index contributed by atoms with van der Waals surface area (Å²) in [6, 6.07) is 8.46. The molecule has 7 nitrogen and oxygen atoms in total. The van der Waals surface area contributed by atoms with Gasteiger partial charge in [-0.15, -0.1) is 0 Å². The number of aromatic nitrogens is 2. The minimum atomic E-state index is -0.510. The van der Waals surface area contributed by atoms with Crippen LogP contribution in [-0.4, -0.2) is 16.1 Å². The molecule has 0 aliphatic heterocycles. The number of aryl methyl sites for hydroxylation is 1. The number of hydrogen-bond donors (Lipinski definition) is 0. The molecule has 0 saturated heterocycles. The number of nitrogens with zero attached hydrogens (tertiary/aromatic N) is 2. The van der Waals surface area contributed by atoms with Crippen molar-refractivity contribution >= 4 is 44.0 Å². The van der Waals surface area contributed by atoms with E-state index < -0.39 is 11.6 Å². The van der Waals surface area contributed by atoms with E-state index in [1.165, 1.54) is 6.07 Å². The van der Waals surface area contributed by atoms with Gasteiger partial charge in [-0.05, 0) is 44.0 Å². The second kappa shape index (κ2) is 6.81. The van der Waals surface area contributed by atoms with Gasteiger partial charge >= 0.3 is 11.6 Å². The molecular formula is C21H15BrN2O5. The van der Waals surface area contributed by atoms with Crippen LogP contribution in [0.25, 0.3) is 22.1 Å². The summed E-state index contributed by atoms with van der Waals surface area (Å²) < 4.78 is 16.9. The molecule has 3 aromatic heterocycles. The molecule has 0 atom stereocenters. The third-order valence-corrected chi connectivity index (χ3v) is 5.50. The van der Waals surface area contributed by atoms with E-state index >= 15 is 0 Å². The van der Waals surface area contributed by atoms with E-state index in [4.69, 9.17) is 13.7 Å². The maximum Gasteiger partial charge on any atom is 0.339 e. The molecule has 0 radical (unpaired) electrons. The van der Waals surface area contributed by atoms with Crippen LogP contribution in [0.5, 0.6) is 0 Å². The monoisotopic (exact) mass is 454 g/mol. The first-order valence-electron chi connectivity index (χ1n) is 9.16. The van der Waals surface area contributed by atoms with Crippen molar-refractivity contribution in [1.29, 1.82) is 0 Å². The Labute approximate surface area is 172 Å². The van der Waals surface area contributed by atoms with Crippen LogP contribution in [0.1, 0.15) is 46.1 Å². The maximum absolute atomic E-state index is 12.9. The van der Waals surface area contributed by atoms with Gasteiger partial charge in [0.05, 0.1) is 16.6 Å². The average Bonchev–Trinajstić information content (AvgIpc) is 3.48. The van der Waals surface area contributed by atoms with Gasteiger partial charge in [0.15, 0.2) is 0 Å².